The molecule has 0 radical (unpaired) electrons. The van der Waals surface area contributed by atoms with Gasteiger partial charge in [-0.3, -0.25) is 0 Å². The SMILES string of the molecule is CCCCCCCCCN1Sc2ccccc2[S+]1[O-]. The number of unbranched alkanes of at least 4 members (excludes halogenated alkanes) is 6. The maximum atomic E-state index is 12.2. The lowest BCUT2D eigenvalue weighted by molar-refractivity contribution is 0.520. The first-order chi connectivity index (χ1) is 9.33. The van der Waals surface area contributed by atoms with Crippen molar-refractivity contribution in [1.82, 2.24) is 3.71 Å². The van der Waals surface area contributed by atoms with Crippen LogP contribution in [-0.2, 0) is 11.4 Å². The van der Waals surface area contributed by atoms with Crippen molar-refractivity contribution in [3.05, 3.63) is 24.3 Å². The Morgan fingerprint density at radius 3 is 2.47 bits per heavy atom. The van der Waals surface area contributed by atoms with Crippen molar-refractivity contribution in [2.24, 2.45) is 0 Å². The molecule has 4 heteroatoms. The maximum absolute atomic E-state index is 12.2. The number of rotatable bonds is 8. The molecular formula is C15H23NOS2. The van der Waals surface area contributed by atoms with E-state index >= 15 is 0 Å². The van der Waals surface area contributed by atoms with Gasteiger partial charge in [0, 0.05) is 11.9 Å². The Kier molecular flexibility index (Phi) is 6.57. The first-order valence-electron chi connectivity index (χ1n) is 7.29. The van der Waals surface area contributed by atoms with Gasteiger partial charge in [-0.15, -0.1) is 0 Å². The maximum Gasteiger partial charge on any atom is 0.190 e. The minimum absolute atomic E-state index is 0.930. The molecule has 0 saturated heterocycles. The predicted octanol–water partition coefficient (Wildman–Crippen LogP) is 4.78. The summed E-state index contributed by atoms with van der Waals surface area (Å²) in [6.45, 7) is 3.18. The second kappa shape index (κ2) is 8.20. The molecule has 1 unspecified atom stereocenters. The predicted molar refractivity (Wildman–Crippen MR) is 83.4 cm³/mol. The largest absolute Gasteiger partial charge is 0.592 e. The molecule has 0 saturated carbocycles. The third-order valence-corrected chi connectivity index (χ3v) is 6.35. The Labute approximate surface area is 124 Å². The van der Waals surface area contributed by atoms with Crippen LogP contribution in [-0.4, -0.2) is 14.8 Å². The zero-order valence-electron chi connectivity index (χ0n) is 11.6. The molecule has 1 aromatic rings. The molecular weight excluding hydrogens is 274 g/mol. The van der Waals surface area contributed by atoms with Crippen LogP contribution in [0.1, 0.15) is 51.9 Å². The molecule has 1 aliphatic rings. The lowest BCUT2D eigenvalue weighted by Gasteiger charge is -2.14. The van der Waals surface area contributed by atoms with Crippen LogP contribution in [0.15, 0.2) is 34.1 Å². The lowest BCUT2D eigenvalue weighted by atomic mass is 10.1. The van der Waals surface area contributed by atoms with Crippen molar-refractivity contribution in [2.45, 2.75) is 61.7 Å². The van der Waals surface area contributed by atoms with Gasteiger partial charge in [-0.25, -0.2) is 0 Å². The fourth-order valence-corrected chi connectivity index (χ4v) is 5.01. The number of nitrogens with zero attached hydrogens (tertiary/aromatic N) is 1. The highest BCUT2D eigenvalue weighted by molar-refractivity contribution is 8.11. The van der Waals surface area contributed by atoms with E-state index in [9.17, 15) is 4.55 Å². The van der Waals surface area contributed by atoms with Gasteiger partial charge >= 0.3 is 0 Å². The minimum atomic E-state index is -0.950. The molecule has 1 aromatic carbocycles. The van der Waals surface area contributed by atoms with E-state index in [1.807, 2.05) is 21.9 Å². The standard InChI is InChI=1S/C15H23NOS2/c1-2-3-4-5-6-7-10-13-16-18-14-11-8-9-12-15(14)19(16)17/h8-9,11-12H,2-7,10,13H2,1H3. The van der Waals surface area contributed by atoms with Crippen LogP contribution >= 0.6 is 11.9 Å². The summed E-state index contributed by atoms with van der Waals surface area (Å²) >= 11 is 0.700. The summed E-state index contributed by atoms with van der Waals surface area (Å²) in [5.41, 5.74) is 0. The lowest BCUT2D eigenvalue weighted by Crippen LogP contribution is -2.20. The Balaban J connectivity index is 1.63. The second-order valence-corrected chi connectivity index (χ2v) is 7.64. The normalized spacial score (nSPS) is 18.7. The topological polar surface area (TPSA) is 26.3 Å². The number of benzene rings is 1. The van der Waals surface area contributed by atoms with Gasteiger partial charge in [0.15, 0.2) is 4.90 Å². The van der Waals surface area contributed by atoms with E-state index in [4.69, 9.17) is 0 Å². The molecule has 0 N–H and O–H groups in total. The Morgan fingerprint density at radius 2 is 1.74 bits per heavy atom. The highest BCUT2D eigenvalue weighted by Gasteiger charge is 2.34. The van der Waals surface area contributed by atoms with E-state index in [0.717, 1.165) is 22.8 Å². The fraction of sp³-hybridized carbons (Fsp3) is 0.600. The third-order valence-electron chi connectivity index (χ3n) is 3.37. The van der Waals surface area contributed by atoms with Crippen LogP contribution < -0.4 is 0 Å². The van der Waals surface area contributed by atoms with Crippen LogP contribution in [0.3, 0.4) is 0 Å². The Hall–Kier alpha value is -0.160. The monoisotopic (exact) mass is 297 g/mol. The molecule has 2 rings (SSSR count). The van der Waals surface area contributed by atoms with Crippen molar-refractivity contribution in [1.29, 1.82) is 0 Å². The average molecular weight is 297 g/mol. The minimum Gasteiger partial charge on any atom is -0.592 e. The molecule has 0 spiro atoms. The van der Waals surface area contributed by atoms with Gasteiger partial charge < -0.3 is 4.55 Å². The molecule has 0 aromatic heterocycles. The summed E-state index contributed by atoms with van der Waals surface area (Å²) in [6, 6.07) is 8.01. The summed E-state index contributed by atoms with van der Waals surface area (Å²) in [6.07, 6.45) is 9.12. The van der Waals surface area contributed by atoms with E-state index in [2.05, 4.69) is 13.0 Å². The van der Waals surface area contributed by atoms with E-state index in [1.54, 1.807) is 11.9 Å². The van der Waals surface area contributed by atoms with Gasteiger partial charge in [0.2, 0.25) is 0 Å². The van der Waals surface area contributed by atoms with Crippen LogP contribution in [0, 0.1) is 0 Å². The summed E-state index contributed by atoms with van der Waals surface area (Å²) in [4.78, 5) is 2.14. The molecule has 19 heavy (non-hydrogen) atoms. The van der Waals surface area contributed by atoms with E-state index < -0.39 is 11.4 Å². The van der Waals surface area contributed by atoms with E-state index in [1.165, 1.54) is 38.5 Å². The molecule has 2 nitrogen and oxygen atoms in total. The van der Waals surface area contributed by atoms with E-state index in [0.29, 0.717) is 0 Å². The van der Waals surface area contributed by atoms with Crippen LogP contribution in [0.4, 0.5) is 0 Å². The van der Waals surface area contributed by atoms with Gasteiger partial charge in [0.05, 0.1) is 22.8 Å². The zero-order valence-corrected chi connectivity index (χ0v) is 13.3. The van der Waals surface area contributed by atoms with Gasteiger partial charge in [0.1, 0.15) is 0 Å². The van der Waals surface area contributed by atoms with Gasteiger partial charge in [-0.1, -0.05) is 61.3 Å². The molecule has 1 aliphatic heterocycles. The summed E-state index contributed by atoms with van der Waals surface area (Å²) in [5, 5.41) is 0. The first-order valence-corrected chi connectivity index (χ1v) is 9.17. The van der Waals surface area contributed by atoms with Crippen molar-refractivity contribution in [3.63, 3.8) is 0 Å². The Morgan fingerprint density at radius 1 is 1.05 bits per heavy atom. The van der Waals surface area contributed by atoms with Gasteiger partial charge in [0.25, 0.3) is 0 Å². The van der Waals surface area contributed by atoms with Crippen LogP contribution in [0.5, 0.6) is 0 Å². The molecule has 1 atom stereocenters. The van der Waals surface area contributed by atoms with Crippen molar-refractivity contribution in [2.75, 3.05) is 6.54 Å². The third kappa shape index (κ3) is 4.42. The van der Waals surface area contributed by atoms with Gasteiger partial charge in [-0.2, -0.15) is 0 Å². The smallest absolute Gasteiger partial charge is 0.190 e. The average Bonchev–Trinajstić information content (AvgIpc) is 2.75. The van der Waals surface area contributed by atoms with Crippen LogP contribution in [0.2, 0.25) is 0 Å². The summed E-state index contributed by atoms with van der Waals surface area (Å²) < 4.78 is 14.2. The van der Waals surface area contributed by atoms with Crippen LogP contribution in [0.25, 0.3) is 0 Å². The van der Waals surface area contributed by atoms with Gasteiger partial charge in [-0.05, 0) is 18.6 Å². The second-order valence-electron chi connectivity index (χ2n) is 4.96. The molecule has 0 aliphatic carbocycles. The Bertz CT molecular complexity index is 386. The number of hydrogen-bond acceptors (Lipinski definition) is 3. The van der Waals surface area contributed by atoms with E-state index in [-0.39, 0.29) is 0 Å². The number of fused-ring (bicyclic) bond motifs is 1. The number of hydrogen-bond donors (Lipinski definition) is 0. The molecule has 106 valence electrons. The molecule has 0 amide bonds. The highest BCUT2D eigenvalue weighted by atomic mass is 32.3. The van der Waals surface area contributed by atoms with Crippen molar-refractivity contribution >= 4 is 23.3 Å². The fourth-order valence-electron chi connectivity index (χ4n) is 2.25. The first kappa shape index (κ1) is 15.2. The van der Waals surface area contributed by atoms with Crippen molar-refractivity contribution < 1.29 is 4.55 Å². The molecule has 0 bridgehead atoms. The zero-order chi connectivity index (χ0) is 13.5. The highest BCUT2D eigenvalue weighted by Crippen LogP contribution is 2.41. The quantitative estimate of drug-likeness (QED) is 0.392. The summed E-state index contributed by atoms with van der Waals surface area (Å²) in [5.74, 6) is 0. The van der Waals surface area contributed by atoms with Crippen molar-refractivity contribution in [3.8, 4) is 0 Å². The summed E-state index contributed by atoms with van der Waals surface area (Å²) in [7, 11) is 0. The molecule has 0 fully saturated rings. The molecule has 1 heterocycles.